The second-order valence-electron chi connectivity index (χ2n) is 4.26. The molecule has 1 heterocycles. The van der Waals surface area contributed by atoms with Gasteiger partial charge in [0.05, 0.1) is 22.2 Å². The average Bonchev–Trinajstić information content (AvgIpc) is 3.08. The molecule has 0 bridgehead atoms. The monoisotopic (exact) mass is 283 g/mol. The van der Waals surface area contributed by atoms with Crippen molar-refractivity contribution >= 4 is 23.2 Å². The lowest BCUT2D eigenvalue weighted by atomic mass is 10.2. The molecule has 0 unspecified atom stereocenters. The van der Waals surface area contributed by atoms with E-state index in [0.717, 1.165) is 0 Å². The fourth-order valence-corrected chi connectivity index (χ4v) is 2.00. The highest BCUT2D eigenvalue weighted by Gasteiger charge is 2.21. The van der Waals surface area contributed by atoms with E-state index in [4.69, 9.17) is 27.6 Å². The minimum absolute atomic E-state index is 0.398. The van der Waals surface area contributed by atoms with Crippen molar-refractivity contribution in [3.8, 4) is 11.5 Å². The maximum Gasteiger partial charge on any atom is 0.249 e. The smallest absolute Gasteiger partial charge is 0.249 e. The molecular formula is C12H11Cl2N3O. The van der Waals surface area contributed by atoms with Crippen LogP contribution in [0.3, 0.4) is 0 Å². The van der Waals surface area contributed by atoms with Crippen LogP contribution in [0.25, 0.3) is 11.5 Å². The van der Waals surface area contributed by atoms with Gasteiger partial charge in [0.1, 0.15) is 0 Å². The molecule has 94 valence electrons. The van der Waals surface area contributed by atoms with Crippen molar-refractivity contribution < 1.29 is 4.42 Å². The lowest BCUT2D eigenvalue weighted by Gasteiger charge is -2.00. The molecule has 18 heavy (non-hydrogen) atoms. The highest BCUT2D eigenvalue weighted by molar-refractivity contribution is 6.43. The molecule has 1 fully saturated rings. The summed E-state index contributed by atoms with van der Waals surface area (Å²) in [7, 11) is 0. The fourth-order valence-electron chi connectivity index (χ4n) is 1.62. The summed E-state index contributed by atoms with van der Waals surface area (Å²) < 4.78 is 5.56. The Morgan fingerprint density at radius 1 is 1.28 bits per heavy atom. The van der Waals surface area contributed by atoms with E-state index < -0.39 is 0 Å². The molecule has 6 heteroatoms. The van der Waals surface area contributed by atoms with Crippen LogP contribution in [0.15, 0.2) is 22.6 Å². The molecule has 1 N–H and O–H groups in total. The van der Waals surface area contributed by atoms with E-state index in [0.29, 0.717) is 40.0 Å². The van der Waals surface area contributed by atoms with Gasteiger partial charge in [0.15, 0.2) is 0 Å². The molecule has 0 radical (unpaired) electrons. The minimum atomic E-state index is 0.398. The summed E-state index contributed by atoms with van der Waals surface area (Å²) in [5.74, 6) is 0.961. The van der Waals surface area contributed by atoms with Crippen molar-refractivity contribution in [3.63, 3.8) is 0 Å². The van der Waals surface area contributed by atoms with Gasteiger partial charge in [-0.15, -0.1) is 10.2 Å². The number of rotatable bonds is 4. The Hall–Kier alpha value is -1.10. The molecule has 1 aliphatic carbocycles. The molecule has 1 aromatic heterocycles. The lowest BCUT2D eigenvalue weighted by Crippen LogP contribution is -2.15. The Morgan fingerprint density at radius 3 is 2.89 bits per heavy atom. The molecule has 0 amide bonds. The zero-order valence-electron chi connectivity index (χ0n) is 9.49. The second-order valence-corrected chi connectivity index (χ2v) is 5.04. The molecule has 0 saturated heterocycles. The lowest BCUT2D eigenvalue weighted by molar-refractivity contribution is 0.476. The predicted octanol–water partition coefficient (Wildman–Crippen LogP) is 3.30. The highest BCUT2D eigenvalue weighted by Crippen LogP contribution is 2.32. The Kier molecular flexibility index (Phi) is 3.24. The van der Waals surface area contributed by atoms with Gasteiger partial charge in [0, 0.05) is 6.04 Å². The van der Waals surface area contributed by atoms with Crippen molar-refractivity contribution in [2.75, 3.05) is 0 Å². The largest absolute Gasteiger partial charge is 0.419 e. The summed E-state index contributed by atoms with van der Waals surface area (Å²) in [6.07, 6.45) is 2.45. The maximum absolute atomic E-state index is 6.10. The molecule has 0 spiro atoms. The van der Waals surface area contributed by atoms with Crippen LogP contribution in [0.4, 0.5) is 0 Å². The van der Waals surface area contributed by atoms with Crippen LogP contribution >= 0.6 is 23.2 Å². The standard InChI is InChI=1S/C12H11Cl2N3O/c13-9-3-1-2-8(11(9)14)12-17-16-10(18-12)6-15-7-4-5-7/h1-3,7,15H,4-6H2. The predicted molar refractivity (Wildman–Crippen MR) is 69.6 cm³/mol. The number of halogens is 2. The average molecular weight is 284 g/mol. The SMILES string of the molecule is Clc1cccc(-c2nnc(CNC3CC3)o2)c1Cl. The van der Waals surface area contributed by atoms with Gasteiger partial charge in [-0.3, -0.25) is 0 Å². The van der Waals surface area contributed by atoms with Gasteiger partial charge < -0.3 is 9.73 Å². The summed E-state index contributed by atoms with van der Waals surface area (Å²) in [5.41, 5.74) is 0.661. The second kappa shape index (κ2) is 4.88. The van der Waals surface area contributed by atoms with Gasteiger partial charge in [-0.2, -0.15) is 0 Å². The van der Waals surface area contributed by atoms with E-state index in [1.165, 1.54) is 12.8 Å². The normalized spacial score (nSPS) is 15.0. The topological polar surface area (TPSA) is 51.0 Å². The zero-order valence-corrected chi connectivity index (χ0v) is 11.0. The number of benzene rings is 1. The number of aromatic nitrogens is 2. The van der Waals surface area contributed by atoms with Gasteiger partial charge in [0.2, 0.25) is 11.8 Å². The van der Waals surface area contributed by atoms with Crippen LogP contribution in [0.2, 0.25) is 10.0 Å². The van der Waals surface area contributed by atoms with Gasteiger partial charge >= 0.3 is 0 Å². The quantitative estimate of drug-likeness (QED) is 0.936. The van der Waals surface area contributed by atoms with Crippen molar-refractivity contribution in [2.24, 2.45) is 0 Å². The fraction of sp³-hybridized carbons (Fsp3) is 0.333. The first-order valence-electron chi connectivity index (χ1n) is 5.74. The van der Waals surface area contributed by atoms with Crippen LogP contribution in [0, 0.1) is 0 Å². The molecule has 0 aliphatic heterocycles. The van der Waals surface area contributed by atoms with Crippen LogP contribution in [0.5, 0.6) is 0 Å². The first-order valence-corrected chi connectivity index (χ1v) is 6.50. The summed E-state index contributed by atoms with van der Waals surface area (Å²) in [4.78, 5) is 0. The molecule has 4 nitrogen and oxygen atoms in total. The van der Waals surface area contributed by atoms with Crippen molar-refractivity contribution in [1.29, 1.82) is 0 Å². The Morgan fingerprint density at radius 2 is 2.11 bits per heavy atom. The summed E-state index contributed by atoms with van der Waals surface area (Å²) in [6, 6.07) is 5.93. The van der Waals surface area contributed by atoms with E-state index in [9.17, 15) is 0 Å². The van der Waals surface area contributed by atoms with Gasteiger partial charge in [-0.1, -0.05) is 29.3 Å². The molecule has 3 rings (SSSR count). The van der Waals surface area contributed by atoms with E-state index in [2.05, 4.69) is 15.5 Å². The van der Waals surface area contributed by atoms with Crippen LogP contribution in [-0.2, 0) is 6.54 Å². The van der Waals surface area contributed by atoms with Crippen molar-refractivity contribution in [3.05, 3.63) is 34.1 Å². The number of hydrogen-bond acceptors (Lipinski definition) is 4. The Bertz CT molecular complexity index is 566. The third-order valence-electron chi connectivity index (χ3n) is 2.77. The zero-order chi connectivity index (χ0) is 12.5. The maximum atomic E-state index is 6.10. The van der Waals surface area contributed by atoms with Gasteiger partial charge in [-0.05, 0) is 25.0 Å². The molecule has 1 aliphatic rings. The van der Waals surface area contributed by atoms with Crippen LogP contribution < -0.4 is 5.32 Å². The third kappa shape index (κ3) is 2.51. The molecule has 1 saturated carbocycles. The number of nitrogens with zero attached hydrogens (tertiary/aromatic N) is 2. The molecule has 0 atom stereocenters. The minimum Gasteiger partial charge on any atom is -0.419 e. The van der Waals surface area contributed by atoms with Crippen molar-refractivity contribution in [2.45, 2.75) is 25.4 Å². The summed E-state index contributed by atoms with van der Waals surface area (Å²) in [6.45, 7) is 0.593. The molecular weight excluding hydrogens is 273 g/mol. The van der Waals surface area contributed by atoms with Crippen LogP contribution in [0.1, 0.15) is 18.7 Å². The summed E-state index contributed by atoms with van der Waals surface area (Å²) >= 11 is 12.0. The number of nitrogens with one attached hydrogen (secondary N) is 1. The van der Waals surface area contributed by atoms with E-state index in [1.54, 1.807) is 18.2 Å². The first kappa shape index (κ1) is 12.0. The van der Waals surface area contributed by atoms with Crippen LogP contribution in [-0.4, -0.2) is 16.2 Å². The highest BCUT2D eigenvalue weighted by atomic mass is 35.5. The van der Waals surface area contributed by atoms with Crippen molar-refractivity contribution in [1.82, 2.24) is 15.5 Å². The van der Waals surface area contributed by atoms with Gasteiger partial charge in [0.25, 0.3) is 0 Å². The summed E-state index contributed by atoms with van der Waals surface area (Å²) in [5, 5.41) is 12.2. The van der Waals surface area contributed by atoms with E-state index >= 15 is 0 Å². The molecule has 2 aromatic rings. The first-order chi connectivity index (χ1) is 8.74. The van der Waals surface area contributed by atoms with E-state index in [1.807, 2.05) is 0 Å². The van der Waals surface area contributed by atoms with Gasteiger partial charge in [-0.25, -0.2) is 0 Å². The third-order valence-corrected chi connectivity index (χ3v) is 3.59. The number of hydrogen-bond donors (Lipinski definition) is 1. The Balaban J connectivity index is 1.80. The van der Waals surface area contributed by atoms with E-state index in [-0.39, 0.29) is 0 Å². The molecule has 1 aromatic carbocycles. The Labute approximate surface area is 114 Å².